The molecule has 0 aromatic heterocycles. The molecule has 1 aromatic rings. The quantitative estimate of drug-likeness (QED) is 0.430. The summed E-state index contributed by atoms with van der Waals surface area (Å²) in [7, 11) is 0. The average Bonchev–Trinajstić information content (AvgIpc) is 2.54. The number of hydrazine groups is 1. The SMILES string of the molecule is NNC(=O)COc1ccc(C(=O)NC2CCCCC2)cc1. The molecular weight excluding hydrogens is 270 g/mol. The zero-order valence-corrected chi connectivity index (χ0v) is 11.9. The number of nitrogens with one attached hydrogen (secondary N) is 2. The van der Waals surface area contributed by atoms with Crippen molar-refractivity contribution >= 4 is 11.8 Å². The molecule has 6 heteroatoms. The molecule has 0 spiro atoms. The minimum absolute atomic E-state index is 0.0619. The molecule has 1 aliphatic rings. The van der Waals surface area contributed by atoms with Crippen LogP contribution in [0.3, 0.4) is 0 Å². The molecule has 0 bridgehead atoms. The Bertz CT molecular complexity index is 481. The van der Waals surface area contributed by atoms with Crippen LogP contribution in [0.25, 0.3) is 0 Å². The van der Waals surface area contributed by atoms with Gasteiger partial charge in [0.25, 0.3) is 11.8 Å². The van der Waals surface area contributed by atoms with Crippen LogP contribution in [-0.2, 0) is 4.79 Å². The molecule has 1 fully saturated rings. The van der Waals surface area contributed by atoms with Crippen molar-refractivity contribution in [1.82, 2.24) is 10.7 Å². The number of hydrogen-bond donors (Lipinski definition) is 3. The standard InChI is InChI=1S/C15H21N3O3/c16-18-14(19)10-21-13-8-6-11(7-9-13)15(20)17-12-4-2-1-3-5-12/h6-9,12H,1-5,10,16H2,(H,17,20)(H,18,19). The maximum Gasteiger partial charge on any atom is 0.271 e. The third-order valence-electron chi connectivity index (χ3n) is 3.59. The van der Waals surface area contributed by atoms with Crippen molar-refractivity contribution in [2.75, 3.05) is 6.61 Å². The van der Waals surface area contributed by atoms with Crippen LogP contribution in [0, 0.1) is 0 Å². The van der Waals surface area contributed by atoms with E-state index in [-0.39, 0.29) is 18.6 Å². The summed E-state index contributed by atoms with van der Waals surface area (Å²) >= 11 is 0. The van der Waals surface area contributed by atoms with Gasteiger partial charge in [-0.05, 0) is 37.1 Å². The second kappa shape index (κ2) is 7.64. The number of nitrogens with two attached hydrogens (primary N) is 1. The summed E-state index contributed by atoms with van der Waals surface area (Å²) in [5, 5.41) is 3.05. The van der Waals surface area contributed by atoms with Gasteiger partial charge in [0.15, 0.2) is 6.61 Å². The lowest BCUT2D eigenvalue weighted by molar-refractivity contribution is -0.123. The predicted octanol–water partition coefficient (Wildman–Crippen LogP) is 1.12. The fraction of sp³-hybridized carbons (Fsp3) is 0.467. The van der Waals surface area contributed by atoms with Crippen LogP contribution in [0.2, 0.25) is 0 Å². The van der Waals surface area contributed by atoms with Crippen molar-refractivity contribution in [3.05, 3.63) is 29.8 Å². The van der Waals surface area contributed by atoms with Gasteiger partial charge in [-0.2, -0.15) is 0 Å². The van der Waals surface area contributed by atoms with E-state index in [0.717, 1.165) is 12.8 Å². The van der Waals surface area contributed by atoms with Crippen LogP contribution in [0.5, 0.6) is 5.75 Å². The molecule has 114 valence electrons. The van der Waals surface area contributed by atoms with Crippen LogP contribution in [0.15, 0.2) is 24.3 Å². The molecule has 2 rings (SSSR count). The van der Waals surface area contributed by atoms with Crippen molar-refractivity contribution in [2.45, 2.75) is 38.1 Å². The monoisotopic (exact) mass is 291 g/mol. The Labute approximate surface area is 124 Å². The summed E-state index contributed by atoms with van der Waals surface area (Å²) in [6.07, 6.45) is 5.74. The zero-order valence-electron chi connectivity index (χ0n) is 11.9. The van der Waals surface area contributed by atoms with Gasteiger partial charge < -0.3 is 10.1 Å². The van der Waals surface area contributed by atoms with Crippen LogP contribution in [0.4, 0.5) is 0 Å². The highest BCUT2D eigenvalue weighted by Crippen LogP contribution is 2.18. The number of carbonyl (C=O) groups is 2. The van der Waals surface area contributed by atoms with Crippen LogP contribution in [-0.4, -0.2) is 24.5 Å². The Kier molecular flexibility index (Phi) is 5.57. The molecule has 2 amide bonds. The predicted molar refractivity (Wildman–Crippen MR) is 78.6 cm³/mol. The Morgan fingerprint density at radius 2 is 1.81 bits per heavy atom. The molecule has 0 saturated heterocycles. The van der Waals surface area contributed by atoms with Crippen LogP contribution < -0.4 is 21.3 Å². The van der Waals surface area contributed by atoms with E-state index in [1.807, 2.05) is 5.43 Å². The van der Waals surface area contributed by atoms with Crippen molar-refractivity contribution in [3.63, 3.8) is 0 Å². The third-order valence-corrected chi connectivity index (χ3v) is 3.59. The van der Waals surface area contributed by atoms with Gasteiger partial charge in [-0.3, -0.25) is 15.0 Å². The highest BCUT2D eigenvalue weighted by molar-refractivity contribution is 5.94. The lowest BCUT2D eigenvalue weighted by Crippen LogP contribution is -2.36. The van der Waals surface area contributed by atoms with Crippen molar-refractivity contribution < 1.29 is 14.3 Å². The first-order chi connectivity index (χ1) is 10.2. The molecular formula is C15H21N3O3. The van der Waals surface area contributed by atoms with Crippen molar-refractivity contribution in [3.8, 4) is 5.75 Å². The molecule has 1 aliphatic carbocycles. The summed E-state index contributed by atoms with van der Waals surface area (Å²) in [6.45, 7) is -0.149. The summed E-state index contributed by atoms with van der Waals surface area (Å²) in [5.74, 6) is 5.01. The molecule has 21 heavy (non-hydrogen) atoms. The van der Waals surface area contributed by atoms with Crippen LogP contribution >= 0.6 is 0 Å². The van der Waals surface area contributed by atoms with Gasteiger partial charge >= 0.3 is 0 Å². The number of hydrogen-bond acceptors (Lipinski definition) is 4. The zero-order chi connectivity index (χ0) is 15.1. The normalized spacial score (nSPS) is 15.3. The van der Waals surface area contributed by atoms with Gasteiger partial charge in [0.05, 0.1) is 0 Å². The van der Waals surface area contributed by atoms with Crippen molar-refractivity contribution in [1.29, 1.82) is 0 Å². The lowest BCUT2D eigenvalue weighted by atomic mass is 9.95. The Morgan fingerprint density at radius 1 is 1.14 bits per heavy atom. The minimum atomic E-state index is -0.408. The number of amides is 2. The minimum Gasteiger partial charge on any atom is -0.484 e. The van der Waals surface area contributed by atoms with E-state index < -0.39 is 5.91 Å². The summed E-state index contributed by atoms with van der Waals surface area (Å²) < 4.78 is 5.22. The smallest absolute Gasteiger partial charge is 0.271 e. The second-order valence-electron chi connectivity index (χ2n) is 5.19. The van der Waals surface area contributed by atoms with E-state index in [2.05, 4.69) is 5.32 Å². The molecule has 1 saturated carbocycles. The second-order valence-corrected chi connectivity index (χ2v) is 5.19. The van der Waals surface area contributed by atoms with E-state index in [9.17, 15) is 9.59 Å². The number of carbonyl (C=O) groups excluding carboxylic acids is 2. The molecule has 4 N–H and O–H groups in total. The van der Waals surface area contributed by atoms with Gasteiger partial charge in [-0.1, -0.05) is 19.3 Å². The lowest BCUT2D eigenvalue weighted by Gasteiger charge is -2.22. The molecule has 0 heterocycles. The average molecular weight is 291 g/mol. The summed E-state index contributed by atoms with van der Waals surface area (Å²) in [5.41, 5.74) is 2.58. The first kappa shape index (κ1) is 15.3. The number of rotatable bonds is 5. The van der Waals surface area contributed by atoms with E-state index in [1.165, 1.54) is 19.3 Å². The largest absolute Gasteiger partial charge is 0.484 e. The van der Waals surface area contributed by atoms with Gasteiger partial charge in [0.2, 0.25) is 0 Å². The Balaban J connectivity index is 1.85. The van der Waals surface area contributed by atoms with Gasteiger partial charge in [-0.25, -0.2) is 5.84 Å². The first-order valence-corrected chi connectivity index (χ1v) is 7.22. The number of ether oxygens (including phenoxy) is 1. The molecule has 0 unspecified atom stereocenters. The first-order valence-electron chi connectivity index (χ1n) is 7.22. The Hall–Kier alpha value is -2.08. The summed E-state index contributed by atoms with van der Waals surface area (Å²) in [4.78, 5) is 23.1. The molecule has 0 aliphatic heterocycles. The van der Waals surface area contributed by atoms with E-state index >= 15 is 0 Å². The van der Waals surface area contributed by atoms with Gasteiger partial charge in [-0.15, -0.1) is 0 Å². The van der Waals surface area contributed by atoms with E-state index in [4.69, 9.17) is 10.6 Å². The third kappa shape index (κ3) is 4.75. The highest BCUT2D eigenvalue weighted by Gasteiger charge is 2.16. The summed E-state index contributed by atoms with van der Waals surface area (Å²) in [6, 6.07) is 7.00. The fourth-order valence-corrected chi connectivity index (χ4v) is 2.41. The maximum absolute atomic E-state index is 12.1. The molecule has 1 aromatic carbocycles. The van der Waals surface area contributed by atoms with E-state index in [0.29, 0.717) is 11.3 Å². The van der Waals surface area contributed by atoms with Crippen molar-refractivity contribution in [2.24, 2.45) is 5.84 Å². The van der Waals surface area contributed by atoms with Gasteiger partial charge in [0, 0.05) is 11.6 Å². The topological polar surface area (TPSA) is 93.4 Å². The number of benzene rings is 1. The maximum atomic E-state index is 12.1. The Morgan fingerprint density at radius 3 is 2.43 bits per heavy atom. The van der Waals surface area contributed by atoms with E-state index in [1.54, 1.807) is 24.3 Å². The highest BCUT2D eigenvalue weighted by atomic mass is 16.5. The molecule has 0 atom stereocenters. The van der Waals surface area contributed by atoms with Gasteiger partial charge in [0.1, 0.15) is 5.75 Å². The molecule has 6 nitrogen and oxygen atoms in total. The fourth-order valence-electron chi connectivity index (χ4n) is 2.41. The van der Waals surface area contributed by atoms with Crippen LogP contribution in [0.1, 0.15) is 42.5 Å². The molecule has 0 radical (unpaired) electrons.